The van der Waals surface area contributed by atoms with Crippen LogP contribution in [0.25, 0.3) is 0 Å². The van der Waals surface area contributed by atoms with Crippen molar-refractivity contribution in [2.75, 3.05) is 50.7 Å². The summed E-state index contributed by atoms with van der Waals surface area (Å²) >= 11 is 0. The van der Waals surface area contributed by atoms with Crippen LogP contribution in [0.15, 0.2) is 24.3 Å². The number of unbranched alkanes of at least 4 members (excludes halogenated alkanes) is 1. The quantitative estimate of drug-likeness (QED) is 0.550. The second kappa shape index (κ2) is 13.9. The molecule has 0 spiro atoms. The van der Waals surface area contributed by atoms with Crippen LogP contribution < -0.4 is 14.9 Å². The highest BCUT2D eigenvalue weighted by Crippen LogP contribution is 2.27. The maximum Gasteiger partial charge on any atom is 0.430 e. The Morgan fingerprint density at radius 2 is 1.65 bits per heavy atom. The van der Waals surface area contributed by atoms with E-state index in [1.54, 1.807) is 4.90 Å². The number of alkyl halides is 3. The topological polar surface area (TPSA) is 85.2 Å². The maximum absolute atomic E-state index is 12.6. The lowest BCUT2D eigenvalue weighted by atomic mass is 9.89. The van der Waals surface area contributed by atoms with Crippen LogP contribution >= 0.6 is 0 Å². The number of rotatable bonds is 7. The number of piperazine rings is 1. The molecule has 1 saturated heterocycles. The van der Waals surface area contributed by atoms with Gasteiger partial charge in [-0.25, -0.2) is 0 Å². The SMILES string of the molecule is O=C([O-])C(F)(F)F.O=C1CCC(=O)N(CCCC[NH+]2CCN(CC3CCCCC3)CC2)c2ccccc21. The number of anilines is 1. The fourth-order valence-corrected chi connectivity index (χ4v) is 5.50. The van der Waals surface area contributed by atoms with Crippen LogP contribution in [0.2, 0.25) is 0 Å². The molecule has 4 rings (SSSR count). The van der Waals surface area contributed by atoms with Crippen molar-refractivity contribution in [2.45, 2.75) is 64.0 Å². The molecule has 1 aliphatic carbocycles. The Bertz CT molecular complexity index is 910. The molecule has 2 fully saturated rings. The van der Waals surface area contributed by atoms with Gasteiger partial charge in [0, 0.05) is 44.6 Å². The summed E-state index contributed by atoms with van der Waals surface area (Å²) in [5.74, 6) is -1.87. The van der Waals surface area contributed by atoms with Crippen molar-refractivity contribution in [3.05, 3.63) is 29.8 Å². The Morgan fingerprint density at radius 3 is 2.30 bits per heavy atom. The van der Waals surface area contributed by atoms with E-state index in [0.717, 1.165) is 31.0 Å². The van der Waals surface area contributed by atoms with E-state index < -0.39 is 12.1 Å². The minimum atomic E-state index is -5.19. The van der Waals surface area contributed by atoms with E-state index in [4.69, 9.17) is 9.90 Å². The van der Waals surface area contributed by atoms with Gasteiger partial charge in [-0.05, 0) is 43.7 Å². The molecule has 37 heavy (non-hydrogen) atoms. The van der Waals surface area contributed by atoms with Gasteiger partial charge in [-0.1, -0.05) is 31.4 Å². The van der Waals surface area contributed by atoms with Gasteiger partial charge < -0.3 is 19.7 Å². The lowest BCUT2D eigenvalue weighted by molar-refractivity contribution is -0.904. The third-order valence-electron chi connectivity index (χ3n) is 7.56. The van der Waals surface area contributed by atoms with Crippen LogP contribution in [0, 0.1) is 5.92 Å². The Balaban J connectivity index is 0.000000479. The maximum atomic E-state index is 12.6. The third kappa shape index (κ3) is 9.10. The zero-order valence-electron chi connectivity index (χ0n) is 21.4. The molecular weight excluding hydrogens is 487 g/mol. The second-order valence-electron chi connectivity index (χ2n) is 10.3. The molecule has 0 bridgehead atoms. The largest absolute Gasteiger partial charge is 0.542 e. The van der Waals surface area contributed by atoms with Crippen LogP contribution in [0.1, 0.15) is 68.1 Å². The second-order valence-corrected chi connectivity index (χ2v) is 10.3. The van der Waals surface area contributed by atoms with Crippen LogP contribution in [0.5, 0.6) is 0 Å². The predicted octanol–water partition coefficient (Wildman–Crippen LogP) is 1.86. The molecule has 2 aliphatic heterocycles. The Morgan fingerprint density at radius 1 is 1.00 bits per heavy atom. The summed E-state index contributed by atoms with van der Waals surface area (Å²) in [6, 6.07) is 7.60. The Hall–Kier alpha value is -2.46. The number of benzene rings is 1. The first kappa shape index (κ1) is 29.1. The summed E-state index contributed by atoms with van der Waals surface area (Å²) in [7, 11) is 0. The summed E-state index contributed by atoms with van der Waals surface area (Å²) in [5.41, 5.74) is 1.52. The number of aliphatic carboxylic acids is 1. The molecule has 1 amide bonds. The summed E-state index contributed by atoms with van der Waals surface area (Å²) in [6.45, 7) is 8.24. The van der Waals surface area contributed by atoms with E-state index in [1.807, 2.05) is 29.2 Å². The molecule has 1 saturated carbocycles. The summed E-state index contributed by atoms with van der Waals surface area (Å²) < 4.78 is 31.5. The van der Waals surface area contributed by atoms with Gasteiger partial charge in [-0.3, -0.25) is 14.5 Å². The standard InChI is InChI=1S/C25H37N3O2.C2HF3O2/c29-24-12-13-25(30)28(23-11-5-4-10-22(23)24)15-7-6-14-26-16-18-27(19-17-26)20-21-8-2-1-3-9-21;3-2(4,5)1(6)7/h4-5,10-11,21H,1-3,6-9,12-20H2;(H,6,7). The highest BCUT2D eigenvalue weighted by atomic mass is 19.4. The fraction of sp³-hybridized carbons (Fsp3) is 0.667. The summed E-state index contributed by atoms with van der Waals surface area (Å²) in [4.78, 5) is 39.9. The number of fused-ring (bicyclic) bond motifs is 1. The van der Waals surface area contributed by atoms with Gasteiger partial charge in [0.1, 0.15) is 5.97 Å². The van der Waals surface area contributed by atoms with Gasteiger partial charge in [0.25, 0.3) is 0 Å². The molecule has 1 aromatic carbocycles. The normalized spacial score (nSPS) is 20.1. The van der Waals surface area contributed by atoms with E-state index in [1.165, 1.54) is 71.4 Å². The number of carbonyl (C=O) groups excluding carboxylic acids is 3. The molecule has 10 heteroatoms. The highest BCUT2D eigenvalue weighted by Gasteiger charge is 2.29. The number of halogens is 3. The number of carboxylic acid groups (broad SMARTS) is 1. The van der Waals surface area contributed by atoms with Crippen LogP contribution in [-0.2, 0) is 9.59 Å². The number of carbonyl (C=O) groups is 3. The van der Waals surface area contributed by atoms with Crippen molar-refractivity contribution in [3.63, 3.8) is 0 Å². The van der Waals surface area contributed by atoms with Crippen LogP contribution in [0.4, 0.5) is 18.9 Å². The fourth-order valence-electron chi connectivity index (χ4n) is 5.50. The van der Waals surface area contributed by atoms with Crippen molar-refractivity contribution in [2.24, 2.45) is 5.92 Å². The van der Waals surface area contributed by atoms with Gasteiger partial charge in [-0.15, -0.1) is 0 Å². The van der Waals surface area contributed by atoms with E-state index >= 15 is 0 Å². The van der Waals surface area contributed by atoms with Gasteiger partial charge in [-0.2, -0.15) is 13.2 Å². The number of para-hydroxylation sites is 1. The number of hydrogen-bond donors (Lipinski definition) is 1. The molecule has 0 atom stereocenters. The number of carboxylic acids is 1. The van der Waals surface area contributed by atoms with Crippen LogP contribution in [0.3, 0.4) is 0 Å². The molecule has 206 valence electrons. The lowest BCUT2D eigenvalue weighted by Gasteiger charge is -2.35. The smallest absolute Gasteiger partial charge is 0.430 e. The summed E-state index contributed by atoms with van der Waals surface area (Å²) in [5, 5.41) is 8.78. The molecule has 0 radical (unpaired) electrons. The number of quaternary nitrogens is 1. The van der Waals surface area contributed by atoms with Gasteiger partial charge in [0.15, 0.2) is 5.78 Å². The highest BCUT2D eigenvalue weighted by molar-refractivity contribution is 6.10. The predicted molar refractivity (Wildman–Crippen MR) is 131 cm³/mol. The molecule has 7 nitrogen and oxygen atoms in total. The van der Waals surface area contributed by atoms with E-state index in [-0.39, 0.29) is 11.7 Å². The molecule has 1 N–H and O–H groups in total. The van der Waals surface area contributed by atoms with Crippen molar-refractivity contribution in [3.8, 4) is 0 Å². The average Bonchev–Trinajstić information content (AvgIpc) is 3.00. The molecule has 3 aliphatic rings. The first-order valence-electron chi connectivity index (χ1n) is 13.4. The minimum Gasteiger partial charge on any atom is -0.542 e. The van der Waals surface area contributed by atoms with E-state index in [0.29, 0.717) is 18.4 Å². The van der Waals surface area contributed by atoms with Gasteiger partial charge >= 0.3 is 6.18 Å². The third-order valence-corrected chi connectivity index (χ3v) is 7.56. The van der Waals surface area contributed by atoms with Crippen molar-refractivity contribution >= 4 is 23.3 Å². The van der Waals surface area contributed by atoms with Gasteiger partial charge in [0.05, 0.1) is 25.3 Å². The molecule has 0 unspecified atom stereocenters. The Labute approximate surface area is 216 Å². The average molecular weight is 526 g/mol. The van der Waals surface area contributed by atoms with Crippen molar-refractivity contribution < 1.29 is 37.6 Å². The lowest BCUT2D eigenvalue weighted by Crippen LogP contribution is -3.14. The van der Waals surface area contributed by atoms with Crippen molar-refractivity contribution in [1.29, 1.82) is 0 Å². The number of nitrogens with zero attached hydrogens (tertiary/aromatic N) is 2. The molecule has 2 heterocycles. The zero-order valence-corrected chi connectivity index (χ0v) is 21.4. The number of nitrogens with one attached hydrogen (secondary N) is 1. The number of ketones is 1. The zero-order chi connectivity index (χ0) is 26.8. The van der Waals surface area contributed by atoms with Crippen molar-refractivity contribution in [1.82, 2.24) is 4.90 Å². The van der Waals surface area contributed by atoms with E-state index in [2.05, 4.69) is 4.90 Å². The monoisotopic (exact) mass is 525 g/mol. The van der Waals surface area contributed by atoms with Crippen LogP contribution in [-0.4, -0.2) is 74.5 Å². The molecular formula is C27H38F3N3O4. The number of amides is 1. The Kier molecular flexibility index (Phi) is 10.9. The van der Waals surface area contributed by atoms with E-state index in [9.17, 15) is 22.8 Å². The first-order chi connectivity index (χ1) is 17.6. The first-order valence-corrected chi connectivity index (χ1v) is 13.4. The minimum absolute atomic E-state index is 0.0944. The molecule has 0 aromatic heterocycles. The van der Waals surface area contributed by atoms with Gasteiger partial charge in [0.2, 0.25) is 5.91 Å². The molecule has 1 aromatic rings. The number of Topliss-reactive ketones (excluding diaryl/α,β-unsaturated/α-hetero) is 1. The number of hydrogen-bond acceptors (Lipinski definition) is 5. The summed E-state index contributed by atoms with van der Waals surface area (Å²) in [6.07, 6.45) is 4.82.